The molecule has 0 aliphatic heterocycles. The van der Waals surface area contributed by atoms with Gasteiger partial charge < -0.3 is 9.73 Å². The van der Waals surface area contributed by atoms with Gasteiger partial charge in [-0.15, -0.1) is 0 Å². The number of hydrogen-bond acceptors (Lipinski definition) is 3. The van der Waals surface area contributed by atoms with E-state index in [0.717, 1.165) is 10.0 Å². The molecule has 1 amide bonds. The molecule has 0 bridgehead atoms. The average molecular weight is 351 g/mol. The monoisotopic (exact) mass is 350 g/mol. The lowest BCUT2D eigenvalue weighted by Gasteiger charge is -2.20. The Hall–Kier alpha value is -1.62. The van der Waals surface area contributed by atoms with E-state index in [0.29, 0.717) is 24.5 Å². The molecule has 0 radical (unpaired) electrons. The third kappa shape index (κ3) is 5.01. The number of carbonyl (C=O) groups excluding carboxylic acids is 1. The van der Waals surface area contributed by atoms with Gasteiger partial charge in [-0.1, -0.05) is 28.1 Å². The number of aromatic nitrogens is 1. The van der Waals surface area contributed by atoms with E-state index in [-0.39, 0.29) is 11.4 Å². The average Bonchev–Trinajstić information content (AvgIpc) is 2.84. The Balaban J connectivity index is 1.94. The zero-order chi connectivity index (χ0) is 15.5. The van der Waals surface area contributed by atoms with Crippen LogP contribution in [0.25, 0.3) is 11.3 Å². The number of hydrogen-bond donors (Lipinski definition) is 1. The summed E-state index contributed by atoms with van der Waals surface area (Å²) in [6, 6.07) is 7.82. The van der Waals surface area contributed by atoms with Gasteiger partial charge in [-0.25, -0.2) is 4.98 Å². The van der Waals surface area contributed by atoms with Gasteiger partial charge in [0.05, 0.1) is 6.20 Å². The van der Waals surface area contributed by atoms with Crippen molar-refractivity contribution in [3.63, 3.8) is 0 Å². The van der Waals surface area contributed by atoms with Crippen LogP contribution in [-0.4, -0.2) is 16.4 Å². The predicted octanol–water partition coefficient (Wildman–Crippen LogP) is 3.95. The Morgan fingerprint density at radius 3 is 2.57 bits per heavy atom. The van der Waals surface area contributed by atoms with Crippen molar-refractivity contribution in [2.75, 3.05) is 0 Å². The minimum atomic E-state index is -0.212. The molecule has 2 aromatic rings. The van der Waals surface area contributed by atoms with Gasteiger partial charge in [-0.05, 0) is 32.9 Å². The van der Waals surface area contributed by atoms with Gasteiger partial charge in [-0.2, -0.15) is 0 Å². The minimum Gasteiger partial charge on any atom is -0.441 e. The number of carbonyl (C=O) groups is 1. The molecular weight excluding hydrogens is 332 g/mol. The first kappa shape index (κ1) is 15.8. The van der Waals surface area contributed by atoms with E-state index < -0.39 is 0 Å². The maximum absolute atomic E-state index is 11.8. The Bertz CT molecular complexity index is 612. The first-order valence-corrected chi connectivity index (χ1v) is 7.64. The fraction of sp³-hybridized carbons (Fsp3) is 0.375. The molecule has 112 valence electrons. The molecule has 1 heterocycles. The van der Waals surface area contributed by atoms with Crippen molar-refractivity contribution in [2.45, 2.75) is 39.2 Å². The van der Waals surface area contributed by atoms with Gasteiger partial charge in [-0.3, -0.25) is 4.79 Å². The van der Waals surface area contributed by atoms with Crippen LogP contribution in [0.1, 0.15) is 33.1 Å². The van der Waals surface area contributed by atoms with E-state index in [4.69, 9.17) is 4.42 Å². The summed E-state index contributed by atoms with van der Waals surface area (Å²) in [6.07, 6.45) is 2.57. The molecule has 4 nitrogen and oxygen atoms in total. The molecule has 0 atom stereocenters. The van der Waals surface area contributed by atoms with Gasteiger partial charge >= 0.3 is 0 Å². The van der Waals surface area contributed by atoms with Crippen molar-refractivity contribution in [3.8, 4) is 11.3 Å². The van der Waals surface area contributed by atoms with Crippen molar-refractivity contribution in [3.05, 3.63) is 40.8 Å². The summed E-state index contributed by atoms with van der Waals surface area (Å²) in [7, 11) is 0. The van der Waals surface area contributed by atoms with Gasteiger partial charge in [0.25, 0.3) is 0 Å². The molecule has 5 heteroatoms. The van der Waals surface area contributed by atoms with Crippen molar-refractivity contribution in [1.82, 2.24) is 10.3 Å². The molecule has 1 aromatic carbocycles. The van der Waals surface area contributed by atoms with Crippen LogP contribution in [0.15, 0.2) is 39.4 Å². The molecule has 0 spiro atoms. The lowest BCUT2D eigenvalue weighted by Crippen LogP contribution is -2.40. The number of oxazole rings is 1. The molecule has 0 unspecified atom stereocenters. The highest BCUT2D eigenvalue weighted by Gasteiger charge is 2.14. The van der Waals surface area contributed by atoms with Crippen LogP contribution < -0.4 is 5.32 Å². The van der Waals surface area contributed by atoms with Crippen molar-refractivity contribution in [2.24, 2.45) is 0 Å². The second-order valence-corrected chi connectivity index (χ2v) is 6.84. The first-order chi connectivity index (χ1) is 9.83. The fourth-order valence-electron chi connectivity index (χ4n) is 1.87. The largest absolute Gasteiger partial charge is 0.441 e. The maximum Gasteiger partial charge on any atom is 0.220 e. The molecule has 1 N–H and O–H groups in total. The van der Waals surface area contributed by atoms with Crippen LogP contribution in [0.3, 0.4) is 0 Å². The van der Waals surface area contributed by atoms with E-state index in [1.54, 1.807) is 6.20 Å². The maximum atomic E-state index is 11.8. The second kappa shape index (κ2) is 6.43. The Morgan fingerprint density at radius 2 is 1.95 bits per heavy atom. The SMILES string of the molecule is CC(C)(C)NC(=O)CCc1ncc(-c2ccc(Br)cc2)o1. The van der Waals surface area contributed by atoms with Crippen molar-refractivity contribution >= 4 is 21.8 Å². The van der Waals surface area contributed by atoms with Crippen molar-refractivity contribution < 1.29 is 9.21 Å². The summed E-state index contributed by atoms with van der Waals surface area (Å²) < 4.78 is 6.70. The molecule has 0 saturated carbocycles. The van der Waals surface area contributed by atoms with Crippen LogP contribution >= 0.6 is 15.9 Å². The Labute approximate surface area is 133 Å². The van der Waals surface area contributed by atoms with Gasteiger partial charge in [0.2, 0.25) is 5.91 Å². The smallest absolute Gasteiger partial charge is 0.220 e. The molecule has 1 aromatic heterocycles. The van der Waals surface area contributed by atoms with E-state index in [1.165, 1.54) is 0 Å². The van der Waals surface area contributed by atoms with Gasteiger partial charge in [0, 0.05) is 28.4 Å². The van der Waals surface area contributed by atoms with Crippen LogP contribution in [0.2, 0.25) is 0 Å². The van der Waals surface area contributed by atoms with Crippen LogP contribution in [0.4, 0.5) is 0 Å². The molecule has 0 aliphatic carbocycles. The zero-order valence-electron chi connectivity index (χ0n) is 12.4. The van der Waals surface area contributed by atoms with Crippen LogP contribution in [0, 0.1) is 0 Å². The molecule has 21 heavy (non-hydrogen) atoms. The molecule has 0 aliphatic rings. The minimum absolute atomic E-state index is 0.00546. The summed E-state index contributed by atoms with van der Waals surface area (Å²) in [5.41, 5.74) is 0.757. The highest BCUT2D eigenvalue weighted by molar-refractivity contribution is 9.10. The summed E-state index contributed by atoms with van der Waals surface area (Å²) in [5.74, 6) is 1.30. The summed E-state index contributed by atoms with van der Waals surface area (Å²) >= 11 is 3.40. The van der Waals surface area contributed by atoms with Gasteiger partial charge in [0.15, 0.2) is 11.7 Å². The molecular formula is C16H19BrN2O2. The van der Waals surface area contributed by atoms with E-state index in [9.17, 15) is 4.79 Å². The van der Waals surface area contributed by atoms with Gasteiger partial charge in [0.1, 0.15) is 0 Å². The Kier molecular flexibility index (Phi) is 4.83. The predicted molar refractivity (Wildman–Crippen MR) is 85.9 cm³/mol. The number of nitrogens with zero attached hydrogens (tertiary/aromatic N) is 1. The summed E-state index contributed by atoms with van der Waals surface area (Å²) in [5, 5.41) is 2.92. The lowest BCUT2D eigenvalue weighted by atomic mass is 10.1. The second-order valence-electron chi connectivity index (χ2n) is 5.92. The first-order valence-electron chi connectivity index (χ1n) is 6.85. The zero-order valence-corrected chi connectivity index (χ0v) is 14.0. The summed E-state index contributed by atoms with van der Waals surface area (Å²) in [6.45, 7) is 5.88. The number of benzene rings is 1. The number of amides is 1. The fourth-order valence-corrected chi connectivity index (χ4v) is 2.14. The molecule has 0 saturated heterocycles. The number of rotatable bonds is 4. The van der Waals surface area contributed by atoms with Crippen molar-refractivity contribution in [1.29, 1.82) is 0 Å². The van der Waals surface area contributed by atoms with Crippen LogP contribution in [0.5, 0.6) is 0 Å². The third-order valence-electron chi connectivity index (χ3n) is 2.76. The van der Waals surface area contributed by atoms with E-state index >= 15 is 0 Å². The number of nitrogens with one attached hydrogen (secondary N) is 1. The van der Waals surface area contributed by atoms with Crippen LogP contribution in [-0.2, 0) is 11.2 Å². The van der Waals surface area contributed by atoms with E-state index in [1.807, 2.05) is 45.0 Å². The quantitative estimate of drug-likeness (QED) is 0.907. The standard InChI is InChI=1S/C16H19BrN2O2/c1-16(2,3)19-14(20)8-9-15-18-10-13(21-15)11-4-6-12(17)7-5-11/h4-7,10H,8-9H2,1-3H3,(H,19,20). The van der Waals surface area contributed by atoms with E-state index in [2.05, 4.69) is 26.2 Å². The third-order valence-corrected chi connectivity index (χ3v) is 3.29. The molecule has 0 fully saturated rings. The topological polar surface area (TPSA) is 55.1 Å². The lowest BCUT2D eigenvalue weighted by molar-refractivity contribution is -0.122. The molecule has 2 rings (SSSR count). The highest BCUT2D eigenvalue weighted by Crippen LogP contribution is 2.22. The Morgan fingerprint density at radius 1 is 1.29 bits per heavy atom. The highest BCUT2D eigenvalue weighted by atomic mass is 79.9. The number of halogens is 1. The number of aryl methyl sites for hydroxylation is 1. The normalized spacial score (nSPS) is 11.4. The summed E-state index contributed by atoms with van der Waals surface area (Å²) in [4.78, 5) is 16.0.